The van der Waals surface area contributed by atoms with Gasteiger partial charge in [-0.2, -0.15) is 0 Å². The number of carbonyl (C=O) groups excluding carboxylic acids is 2. The summed E-state index contributed by atoms with van der Waals surface area (Å²) >= 11 is 0. The molecule has 3 rings (SSSR count). The molecule has 2 heteroatoms. The maximum atomic E-state index is 12.0. The fourth-order valence-corrected chi connectivity index (χ4v) is 4.00. The number of hydrogen-bond donors (Lipinski definition) is 0. The summed E-state index contributed by atoms with van der Waals surface area (Å²) < 4.78 is 0. The molecule has 0 radical (unpaired) electrons. The van der Waals surface area contributed by atoms with Gasteiger partial charge < -0.3 is 4.79 Å². The Kier molecular flexibility index (Phi) is 1.88. The van der Waals surface area contributed by atoms with Crippen LogP contribution in [0.1, 0.15) is 32.1 Å². The lowest BCUT2D eigenvalue weighted by atomic mass is 9.63. The van der Waals surface area contributed by atoms with Gasteiger partial charge in [-0.05, 0) is 37.0 Å². The molecule has 2 saturated carbocycles. The monoisotopic (exact) mass is 204 g/mol. The second-order valence-corrected chi connectivity index (χ2v) is 5.40. The predicted octanol–water partition coefficient (Wildman–Crippen LogP) is 2.14. The molecule has 3 aliphatic carbocycles. The van der Waals surface area contributed by atoms with E-state index >= 15 is 0 Å². The van der Waals surface area contributed by atoms with Gasteiger partial charge in [-0.25, -0.2) is 0 Å². The number of fused-ring (bicyclic) bond motifs is 1. The molecule has 3 aliphatic rings. The minimum absolute atomic E-state index is 0.0732. The number of Topliss-reactive ketones (excluding diaryl/α,β-unsaturated/α-hetero) is 1. The van der Waals surface area contributed by atoms with E-state index in [1.165, 1.54) is 0 Å². The van der Waals surface area contributed by atoms with Crippen molar-refractivity contribution in [1.82, 2.24) is 0 Å². The average molecular weight is 204 g/mol. The Bertz CT molecular complexity index is 344. The third-order valence-corrected chi connectivity index (χ3v) is 4.66. The second-order valence-electron chi connectivity index (χ2n) is 5.40. The number of rotatable bonds is 1. The molecule has 0 aromatic rings. The summed E-state index contributed by atoms with van der Waals surface area (Å²) in [5, 5.41) is 0. The van der Waals surface area contributed by atoms with Crippen molar-refractivity contribution in [1.29, 1.82) is 0 Å². The predicted molar refractivity (Wildman–Crippen MR) is 56.2 cm³/mol. The Balaban J connectivity index is 2.02. The van der Waals surface area contributed by atoms with Crippen molar-refractivity contribution in [3.05, 3.63) is 12.2 Å². The van der Waals surface area contributed by atoms with Gasteiger partial charge in [-0.3, -0.25) is 4.79 Å². The van der Waals surface area contributed by atoms with Crippen LogP contribution in [-0.4, -0.2) is 12.1 Å². The Morgan fingerprint density at radius 3 is 3.07 bits per heavy atom. The summed E-state index contributed by atoms with van der Waals surface area (Å²) in [7, 11) is 0. The van der Waals surface area contributed by atoms with Crippen LogP contribution in [-0.2, 0) is 9.59 Å². The van der Waals surface area contributed by atoms with Crippen molar-refractivity contribution >= 4 is 12.1 Å². The Labute approximate surface area is 89.7 Å². The topological polar surface area (TPSA) is 34.1 Å². The lowest BCUT2D eigenvalue weighted by molar-refractivity contribution is -0.129. The van der Waals surface area contributed by atoms with Gasteiger partial charge in [-0.1, -0.05) is 12.2 Å². The average Bonchev–Trinajstić information content (AvgIpc) is 2.52. The van der Waals surface area contributed by atoms with Crippen LogP contribution in [0.5, 0.6) is 0 Å². The zero-order valence-corrected chi connectivity index (χ0v) is 8.82. The summed E-state index contributed by atoms with van der Waals surface area (Å²) in [5.41, 5.74) is 0.0732. The molecule has 1 spiro atoms. The smallest absolute Gasteiger partial charge is 0.137 e. The van der Waals surface area contributed by atoms with E-state index < -0.39 is 0 Å². The zero-order chi connectivity index (χ0) is 10.5. The van der Waals surface area contributed by atoms with Gasteiger partial charge >= 0.3 is 0 Å². The van der Waals surface area contributed by atoms with E-state index in [2.05, 4.69) is 12.2 Å². The van der Waals surface area contributed by atoms with E-state index in [1.54, 1.807) is 0 Å². The largest absolute Gasteiger partial charge is 0.303 e. The van der Waals surface area contributed by atoms with E-state index in [4.69, 9.17) is 0 Å². The van der Waals surface area contributed by atoms with Crippen LogP contribution in [0.2, 0.25) is 0 Å². The highest BCUT2D eigenvalue weighted by molar-refractivity contribution is 5.85. The van der Waals surface area contributed by atoms with Crippen LogP contribution >= 0.6 is 0 Å². The lowest BCUT2D eigenvalue weighted by Crippen LogP contribution is -2.38. The van der Waals surface area contributed by atoms with E-state index in [-0.39, 0.29) is 17.3 Å². The molecule has 0 aromatic heterocycles. The normalized spacial score (nSPS) is 47.7. The molecule has 15 heavy (non-hydrogen) atoms. The summed E-state index contributed by atoms with van der Waals surface area (Å²) in [5.74, 6) is 1.12. The molecule has 4 atom stereocenters. The SMILES string of the molecule is O=C[C@H]1C[C@@]23C=CCC[C@@H]2C(=O)C[C@@H]1C3. The van der Waals surface area contributed by atoms with Gasteiger partial charge in [0.2, 0.25) is 0 Å². The van der Waals surface area contributed by atoms with Crippen molar-refractivity contribution < 1.29 is 9.59 Å². The first-order valence-corrected chi connectivity index (χ1v) is 5.91. The number of hydrogen-bond acceptors (Lipinski definition) is 2. The molecule has 0 aliphatic heterocycles. The summed E-state index contributed by atoms with van der Waals surface area (Å²) in [6.45, 7) is 0. The van der Waals surface area contributed by atoms with Gasteiger partial charge in [0.05, 0.1) is 0 Å². The Morgan fingerprint density at radius 2 is 2.27 bits per heavy atom. The molecule has 0 saturated heterocycles. The summed E-state index contributed by atoms with van der Waals surface area (Å²) in [4.78, 5) is 23.0. The van der Waals surface area contributed by atoms with E-state index in [1.807, 2.05) is 0 Å². The van der Waals surface area contributed by atoms with Gasteiger partial charge in [0.1, 0.15) is 12.1 Å². The first-order chi connectivity index (χ1) is 7.25. The molecular weight excluding hydrogens is 188 g/mol. The number of allylic oxidation sites excluding steroid dienone is 2. The molecule has 2 bridgehead atoms. The third-order valence-electron chi connectivity index (χ3n) is 4.66. The first-order valence-electron chi connectivity index (χ1n) is 5.91. The van der Waals surface area contributed by atoms with Crippen molar-refractivity contribution in [2.75, 3.05) is 0 Å². The highest BCUT2D eigenvalue weighted by Gasteiger charge is 2.55. The van der Waals surface area contributed by atoms with E-state index in [0.717, 1.165) is 32.0 Å². The quantitative estimate of drug-likeness (QED) is 0.484. The summed E-state index contributed by atoms with van der Waals surface area (Å²) in [6.07, 6.45) is 10.2. The van der Waals surface area contributed by atoms with Crippen LogP contribution in [0.15, 0.2) is 12.2 Å². The minimum Gasteiger partial charge on any atom is -0.303 e. The molecular formula is C13H16O2. The molecule has 0 unspecified atom stereocenters. The van der Waals surface area contributed by atoms with Gasteiger partial charge in [-0.15, -0.1) is 0 Å². The standard InChI is InChI=1S/C13H16O2/c14-8-10-7-13-4-2-1-3-11(13)12(15)5-9(10)6-13/h2,4,8-11H,1,3,5-7H2/t9-,10-,11-,13+/m1/s1. The minimum atomic E-state index is 0.0732. The highest BCUT2D eigenvalue weighted by atomic mass is 16.1. The molecule has 0 heterocycles. The van der Waals surface area contributed by atoms with Gasteiger partial charge in [0.25, 0.3) is 0 Å². The van der Waals surface area contributed by atoms with Crippen LogP contribution in [0.4, 0.5) is 0 Å². The fourth-order valence-electron chi connectivity index (χ4n) is 4.00. The third kappa shape index (κ3) is 1.17. The van der Waals surface area contributed by atoms with Crippen molar-refractivity contribution in [3.8, 4) is 0 Å². The number of aldehydes is 1. The van der Waals surface area contributed by atoms with Crippen LogP contribution in [0.25, 0.3) is 0 Å². The molecule has 2 nitrogen and oxygen atoms in total. The van der Waals surface area contributed by atoms with Crippen LogP contribution < -0.4 is 0 Å². The van der Waals surface area contributed by atoms with E-state index in [9.17, 15) is 9.59 Å². The van der Waals surface area contributed by atoms with Crippen molar-refractivity contribution in [3.63, 3.8) is 0 Å². The number of carbonyl (C=O) groups is 2. The maximum Gasteiger partial charge on any atom is 0.137 e. The maximum absolute atomic E-state index is 12.0. The number of ketones is 1. The zero-order valence-electron chi connectivity index (χ0n) is 8.82. The first kappa shape index (κ1) is 9.32. The second kappa shape index (κ2) is 3.03. The van der Waals surface area contributed by atoms with Crippen molar-refractivity contribution in [2.24, 2.45) is 23.2 Å². The van der Waals surface area contributed by atoms with Crippen LogP contribution in [0, 0.1) is 23.2 Å². The fraction of sp³-hybridized carbons (Fsp3) is 0.692. The van der Waals surface area contributed by atoms with E-state index in [0.29, 0.717) is 18.1 Å². The highest BCUT2D eigenvalue weighted by Crippen LogP contribution is 2.58. The lowest BCUT2D eigenvalue weighted by Gasteiger charge is -2.40. The Hall–Kier alpha value is -0.920. The molecule has 80 valence electrons. The molecule has 2 fully saturated rings. The summed E-state index contributed by atoms with van der Waals surface area (Å²) in [6, 6.07) is 0. The van der Waals surface area contributed by atoms with Gasteiger partial charge in [0.15, 0.2) is 0 Å². The molecule has 0 N–H and O–H groups in total. The Morgan fingerprint density at radius 1 is 1.40 bits per heavy atom. The van der Waals surface area contributed by atoms with Crippen molar-refractivity contribution in [2.45, 2.75) is 32.1 Å². The molecule has 0 amide bonds. The van der Waals surface area contributed by atoms with Gasteiger partial charge in [0, 0.05) is 18.3 Å². The van der Waals surface area contributed by atoms with Crippen LogP contribution in [0.3, 0.4) is 0 Å². The molecule has 0 aromatic carbocycles.